The van der Waals surface area contributed by atoms with Crippen LogP contribution in [0.5, 0.6) is 0 Å². The summed E-state index contributed by atoms with van der Waals surface area (Å²) < 4.78 is 20.6. The van der Waals surface area contributed by atoms with Crippen LogP contribution in [-0.4, -0.2) is 52.7 Å². The number of pyridine rings is 1. The first kappa shape index (κ1) is 18.5. The van der Waals surface area contributed by atoms with Crippen molar-refractivity contribution in [3.63, 3.8) is 0 Å². The Kier molecular flexibility index (Phi) is 4.82. The van der Waals surface area contributed by atoms with Crippen LogP contribution in [-0.2, 0) is 4.74 Å². The third-order valence-electron chi connectivity index (χ3n) is 4.53. The Labute approximate surface area is 153 Å². The number of nitrogens with one attached hydrogen (secondary N) is 1. The van der Waals surface area contributed by atoms with Crippen molar-refractivity contribution in [3.05, 3.63) is 23.8 Å². The molecule has 1 aliphatic heterocycles. The Morgan fingerprint density at radius 1 is 1.27 bits per heavy atom. The zero-order valence-electron chi connectivity index (χ0n) is 16.1. The Hall–Kier alpha value is -2.31. The lowest BCUT2D eigenvalue weighted by molar-refractivity contribution is 0.0240. The van der Waals surface area contributed by atoms with Crippen LogP contribution in [0.15, 0.2) is 12.4 Å². The monoisotopic (exact) mass is 362 g/mol. The van der Waals surface area contributed by atoms with Crippen molar-refractivity contribution < 1.29 is 13.9 Å². The fourth-order valence-corrected chi connectivity index (χ4v) is 3.20. The second-order valence-electron chi connectivity index (χ2n) is 8.04. The Morgan fingerprint density at radius 2 is 1.92 bits per heavy atom. The summed E-state index contributed by atoms with van der Waals surface area (Å²) in [6.07, 6.45) is 3.21. The third-order valence-corrected chi connectivity index (χ3v) is 4.53. The molecular weight excluding hydrogens is 335 g/mol. The summed E-state index contributed by atoms with van der Waals surface area (Å²) in [5, 5.41) is 0.611. The average molecular weight is 362 g/mol. The topological polar surface area (TPSA) is 61.5 Å². The molecule has 26 heavy (non-hydrogen) atoms. The summed E-state index contributed by atoms with van der Waals surface area (Å²) in [4.78, 5) is 23.1. The molecule has 2 aromatic rings. The maximum Gasteiger partial charge on any atom is 0.410 e. The fraction of sp³-hybridized carbons (Fsp3) is 0.579. The predicted molar refractivity (Wildman–Crippen MR) is 100 cm³/mol. The van der Waals surface area contributed by atoms with Crippen molar-refractivity contribution in [2.45, 2.75) is 46.1 Å². The molecule has 1 N–H and O–H groups in total. The summed E-state index contributed by atoms with van der Waals surface area (Å²) in [6.45, 7) is 11.6. The molecule has 3 heterocycles. The van der Waals surface area contributed by atoms with E-state index in [0.29, 0.717) is 42.9 Å². The lowest BCUT2D eigenvalue weighted by atomic mass is 10.0. The number of piperazine rings is 1. The molecule has 0 spiro atoms. The molecule has 1 aliphatic rings. The molecule has 0 radical (unpaired) electrons. The second-order valence-corrected chi connectivity index (χ2v) is 8.04. The van der Waals surface area contributed by atoms with Gasteiger partial charge in [-0.1, -0.05) is 13.8 Å². The Bertz CT molecular complexity index is 802. The molecule has 1 amide bonds. The van der Waals surface area contributed by atoms with Gasteiger partial charge in [0.05, 0.1) is 11.7 Å². The van der Waals surface area contributed by atoms with Crippen molar-refractivity contribution in [2.75, 3.05) is 31.1 Å². The van der Waals surface area contributed by atoms with E-state index >= 15 is 4.39 Å². The van der Waals surface area contributed by atoms with Gasteiger partial charge >= 0.3 is 6.09 Å². The van der Waals surface area contributed by atoms with E-state index in [1.165, 1.54) is 0 Å². The van der Waals surface area contributed by atoms with Gasteiger partial charge in [0.15, 0.2) is 11.6 Å². The number of carbonyl (C=O) groups excluding carboxylic acids is 1. The van der Waals surface area contributed by atoms with Crippen LogP contribution >= 0.6 is 0 Å². The van der Waals surface area contributed by atoms with Gasteiger partial charge in [-0.3, -0.25) is 0 Å². The normalized spacial score (nSPS) is 15.8. The minimum absolute atomic E-state index is 0.220. The summed E-state index contributed by atoms with van der Waals surface area (Å²) in [7, 11) is 0. The number of halogens is 1. The number of aromatic nitrogens is 2. The smallest absolute Gasteiger partial charge is 0.410 e. The van der Waals surface area contributed by atoms with Crippen molar-refractivity contribution in [1.82, 2.24) is 14.9 Å². The quantitative estimate of drug-likeness (QED) is 0.881. The van der Waals surface area contributed by atoms with Gasteiger partial charge in [0.25, 0.3) is 0 Å². The van der Waals surface area contributed by atoms with Gasteiger partial charge in [-0.15, -0.1) is 0 Å². The molecule has 0 unspecified atom stereocenters. The van der Waals surface area contributed by atoms with Gasteiger partial charge in [0.2, 0.25) is 0 Å². The van der Waals surface area contributed by atoms with Gasteiger partial charge in [-0.05, 0) is 32.3 Å². The van der Waals surface area contributed by atoms with E-state index in [1.807, 2.05) is 45.7 Å². The SMILES string of the molecule is CC(C)c1c[nH]c2cnc(N3CCN(C(=O)OC(C)(C)C)CC3)c(F)c12. The first-order valence-electron chi connectivity index (χ1n) is 9.05. The minimum atomic E-state index is -0.519. The first-order valence-corrected chi connectivity index (χ1v) is 9.05. The molecule has 3 rings (SSSR count). The number of rotatable bonds is 2. The van der Waals surface area contributed by atoms with Crippen LogP contribution in [0.25, 0.3) is 10.9 Å². The summed E-state index contributed by atoms with van der Waals surface area (Å²) in [5.41, 5.74) is 1.14. The number of fused-ring (bicyclic) bond motifs is 1. The lowest BCUT2D eigenvalue weighted by Crippen LogP contribution is -2.50. The third kappa shape index (κ3) is 3.61. The largest absolute Gasteiger partial charge is 0.444 e. The molecular formula is C19H27FN4O2. The van der Waals surface area contributed by atoms with Crippen LogP contribution in [0.2, 0.25) is 0 Å². The maximum atomic E-state index is 15.2. The maximum absolute atomic E-state index is 15.2. The fourth-order valence-electron chi connectivity index (χ4n) is 3.20. The zero-order valence-corrected chi connectivity index (χ0v) is 16.1. The highest BCUT2D eigenvalue weighted by molar-refractivity contribution is 5.86. The summed E-state index contributed by atoms with van der Waals surface area (Å²) >= 11 is 0. The lowest BCUT2D eigenvalue weighted by Gasteiger charge is -2.36. The molecule has 0 atom stereocenters. The molecule has 0 saturated carbocycles. The highest BCUT2D eigenvalue weighted by Gasteiger charge is 2.28. The minimum Gasteiger partial charge on any atom is -0.444 e. The van der Waals surface area contributed by atoms with E-state index in [-0.39, 0.29) is 17.8 Å². The van der Waals surface area contributed by atoms with Crippen LogP contribution in [0.4, 0.5) is 15.0 Å². The Balaban J connectivity index is 1.76. The number of hydrogen-bond donors (Lipinski definition) is 1. The van der Waals surface area contributed by atoms with E-state index in [9.17, 15) is 4.79 Å². The van der Waals surface area contributed by atoms with Gasteiger partial charge < -0.3 is 19.5 Å². The van der Waals surface area contributed by atoms with E-state index in [2.05, 4.69) is 9.97 Å². The number of carbonyl (C=O) groups is 1. The standard InChI is InChI=1S/C19H27FN4O2/c1-12(2)13-10-21-14-11-22-17(16(20)15(13)14)23-6-8-24(9-7-23)18(25)26-19(3,4)5/h10-12,21H,6-9H2,1-5H3. The number of amides is 1. The number of aromatic amines is 1. The second kappa shape index (κ2) is 6.78. The first-order chi connectivity index (χ1) is 12.2. The van der Waals surface area contributed by atoms with E-state index in [1.54, 1.807) is 11.1 Å². The molecule has 142 valence electrons. The number of nitrogens with zero attached hydrogens (tertiary/aromatic N) is 3. The molecule has 0 aliphatic carbocycles. The number of anilines is 1. The van der Waals surface area contributed by atoms with Gasteiger partial charge in [-0.2, -0.15) is 0 Å². The van der Waals surface area contributed by atoms with Gasteiger partial charge in [0.1, 0.15) is 5.60 Å². The number of H-pyrrole nitrogens is 1. The number of hydrogen-bond acceptors (Lipinski definition) is 4. The molecule has 1 saturated heterocycles. The predicted octanol–water partition coefficient (Wildman–Crippen LogP) is 3.88. The Morgan fingerprint density at radius 3 is 2.50 bits per heavy atom. The van der Waals surface area contributed by atoms with Crippen LogP contribution in [0.1, 0.15) is 46.1 Å². The molecule has 7 heteroatoms. The summed E-state index contributed by atoms with van der Waals surface area (Å²) in [5.74, 6) is 0.276. The molecule has 6 nitrogen and oxygen atoms in total. The van der Waals surface area contributed by atoms with Crippen LogP contribution in [0, 0.1) is 5.82 Å². The van der Waals surface area contributed by atoms with Gasteiger partial charge in [-0.25, -0.2) is 14.2 Å². The van der Waals surface area contributed by atoms with Crippen molar-refractivity contribution in [1.29, 1.82) is 0 Å². The van der Waals surface area contributed by atoms with Crippen molar-refractivity contribution in [3.8, 4) is 0 Å². The highest BCUT2D eigenvalue weighted by atomic mass is 19.1. The van der Waals surface area contributed by atoms with Gasteiger partial charge in [0, 0.05) is 37.8 Å². The molecule has 1 fully saturated rings. The van der Waals surface area contributed by atoms with Crippen molar-refractivity contribution in [2.24, 2.45) is 0 Å². The molecule has 0 bridgehead atoms. The van der Waals surface area contributed by atoms with Crippen LogP contribution in [0.3, 0.4) is 0 Å². The summed E-state index contributed by atoms with van der Waals surface area (Å²) in [6, 6.07) is 0. The highest BCUT2D eigenvalue weighted by Crippen LogP contribution is 2.31. The molecule has 2 aromatic heterocycles. The average Bonchev–Trinajstić information content (AvgIpc) is 2.99. The zero-order chi connectivity index (χ0) is 19.1. The number of ether oxygens (including phenoxy) is 1. The van der Waals surface area contributed by atoms with E-state index in [0.717, 1.165) is 5.56 Å². The van der Waals surface area contributed by atoms with Crippen LogP contribution < -0.4 is 4.90 Å². The van der Waals surface area contributed by atoms with E-state index < -0.39 is 5.60 Å². The van der Waals surface area contributed by atoms with E-state index in [4.69, 9.17) is 4.74 Å². The van der Waals surface area contributed by atoms with Crippen molar-refractivity contribution >= 4 is 22.8 Å². The molecule has 0 aromatic carbocycles.